The molecule has 9 heavy (non-hydrogen) atoms. The quantitative estimate of drug-likeness (QED) is 0.579. The fourth-order valence-corrected chi connectivity index (χ4v) is 1.66. The summed E-state index contributed by atoms with van der Waals surface area (Å²) < 4.78 is 0. The molecule has 0 aliphatic heterocycles. The van der Waals surface area contributed by atoms with Crippen molar-refractivity contribution in [3.8, 4) is 0 Å². The van der Waals surface area contributed by atoms with E-state index in [1.807, 2.05) is 0 Å². The summed E-state index contributed by atoms with van der Waals surface area (Å²) in [5, 5.41) is 2.11. The Morgan fingerprint density at radius 3 is 3.00 bits per heavy atom. The van der Waals surface area contributed by atoms with E-state index in [2.05, 4.69) is 15.9 Å². The lowest BCUT2D eigenvalue weighted by Gasteiger charge is -2.22. The Labute approximate surface area is 58.7 Å². The van der Waals surface area contributed by atoms with E-state index in [4.69, 9.17) is 0 Å². The van der Waals surface area contributed by atoms with Crippen molar-refractivity contribution in [2.45, 2.75) is 25.2 Å². The summed E-state index contributed by atoms with van der Waals surface area (Å²) in [5.41, 5.74) is 4.14. The fraction of sp³-hybridized carbons (Fsp3) is 0.571. The molecule has 1 heterocycles. The molecule has 1 aromatic rings. The minimum absolute atomic E-state index is 0.785. The van der Waals surface area contributed by atoms with E-state index < -0.39 is 0 Å². The van der Waals surface area contributed by atoms with Gasteiger partial charge in [-0.25, -0.2) is 4.98 Å². The Kier molecular flexibility index (Phi) is 1.27. The lowest BCUT2D eigenvalue weighted by Crippen LogP contribution is -2.08. The van der Waals surface area contributed by atoms with Crippen LogP contribution < -0.4 is 0 Å². The maximum absolute atomic E-state index is 4.13. The highest BCUT2D eigenvalue weighted by Gasteiger charge is 2.20. The monoisotopic (exact) mass is 138 g/mol. The third-order valence-electron chi connectivity index (χ3n) is 1.93. The van der Waals surface area contributed by atoms with Crippen LogP contribution in [0.2, 0.25) is 0 Å². The van der Waals surface area contributed by atoms with Gasteiger partial charge in [0, 0.05) is 11.3 Å². The van der Waals surface area contributed by atoms with Crippen LogP contribution in [0.5, 0.6) is 0 Å². The third kappa shape index (κ3) is 0.874. The van der Waals surface area contributed by atoms with Gasteiger partial charge in [0.2, 0.25) is 0 Å². The predicted octanol–water partition coefficient (Wildman–Crippen LogP) is 2.21. The summed E-state index contributed by atoms with van der Waals surface area (Å²) in [5.74, 6) is 0.785. The maximum atomic E-state index is 4.13. The molecule has 1 aliphatic carbocycles. The first-order chi connectivity index (χ1) is 4.47. The van der Waals surface area contributed by atoms with Gasteiger partial charge in [0.05, 0.1) is 5.69 Å². The molecule has 0 amide bonds. The van der Waals surface area contributed by atoms with Crippen molar-refractivity contribution in [3.05, 3.63) is 16.6 Å². The Morgan fingerprint density at radius 2 is 2.56 bits per heavy atom. The predicted molar refractivity (Wildman–Crippen MR) is 37.5 cm³/mol. The average Bonchev–Trinajstić information content (AvgIpc) is 2.11. The number of thiazole rings is 1. The Balaban J connectivity index is 2.14. The second kappa shape index (κ2) is 2.10. The minimum Gasteiger partial charge on any atom is -0.238 e. The zero-order valence-corrected chi connectivity index (χ0v) is 5.95. The SMILES string of the molecule is [c]1nc(C2CCC2)cs1. The molecule has 1 saturated carbocycles. The third-order valence-corrected chi connectivity index (χ3v) is 2.49. The van der Waals surface area contributed by atoms with Crippen LogP contribution in [0.1, 0.15) is 30.9 Å². The highest BCUT2D eigenvalue weighted by Crippen LogP contribution is 2.35. The topological polar surface area (TPSA) is 12.9 Å². The van der Waals surface area contributed by atoms with Crippen LogP contribution in [-0.2, 0) is 0 Å². The summed E-state index contributed by atoms with van der Waals surface area (Å²) >= 11 is 1.58. The number of aromatic nitrogens is 1. The molecule has 1 fully saturated rings. The highest BCUT2D eigenvalue weighted by molar-refractivity contribution is 7.07. The summed E-state index contributed by atoms with van der Waals surface area (Å²) in [6.07, 6.45) is 4.08. The lowest BCUT2D eigenvalue weighted by molar-refractivity contribution is 0.412. The number of hydrogen-bond acceptors (Lipinski definition) is 2. The Bertz CT molecular complexity index is 177. The van der Waals surface area contributed by atoms with E-state index in [1.165, 1.54) is 25.0 Å². The minimum atomic E-state index is 0.785. The van der Waals surface area contributed by atoms with E-state index in [1.54, 1.807) is 11.3 Å². The van der Waals surface area contributed by atoms with Gasteiger partial charge in [-0.1, -0.05) is 6.42 Å². The highest BCUT2D eigenvalue weighted by atomic mass is 32.1. The molecule has 2 heteroatoms. The number of nitrogens with zero attached hydrogens (tertiary/aromatic N) is 1. The second-order valence-electron chi connectivity index (χ2n) is 2.49. The number of rotatable bonds is 1. The van der Waals surface area contributed by atoms with Gasteiger partial charge in [-0.05, 0) is 12.8 Å². The normalized spacial score (nSPS) is 19.6. The molecule has 0 spiro atoms. The molecule has 0 aromatic carbocycles. The number of hydrogen-bond donors (Lipinski definition) is 0. The fourth-order valence-electron chi connectivity index (χ4n) is 1.08. The molecule has 1 radical (unpaired) electrons. The molecule has 0 bridgehead atoms. The molecule has 47 valence electrons. The van der Waals surface area contributed by atoms with Crippen molar-refractivity contribution in [2.75, 3.05) is 0 Å². The van der Waals surface area contributed by atoms with Gasteiger partial charge in [-0.15, -0.1) is 11.3 Å². The van der Waals surface area contributed by atoms with Gasteiger partial charge >= 0.3 is 0 Å². The van der Waals surface area contributed by atoms with Gasteiger partial charge in [0.1, 0.15) is 0 Å². The molecule has 1 nitrogen and oxygen atoms in total. The van der Waals surface area contributed by atoms with E-state index in [9.17, 15) is 0 Å². The van der Waals surface area contributed by atoms with Crippen LogP contribution in [0.3, 0.4) is 0 Å². The zero-order valence-electron chi connectivity index (χ0n) is 5.13. The van der Waals surface area contributed by atoms with Gasteiger partial charge in [-0.3, -0.25) is 0 Å². The Morgan fingerprint density at radius 1 is 1.67 bits per heavy atom. The molecule has 2 rings (SSSR count). The first-order valence-corrected chi connectivity index (χ1v) is 4.16. The van der Waals surface area contributed by atoms with Crippen molar-refractivity contribution >= 4 is 11.3 Å². The zero-order chi connectivity index (χ0) is 6.10. The second-order valence-corrected chi connectivity index (χ2v) is 3.15. The molecular weight excluding hydrogens is 130 g/mol. The largest absolute Gasteiger partial charge is 0.238 e. The van der Waals surface area contributed by atoms with Gasteiger partial charge in [0.25, 0.3) is 0 Å². The van der Waals surface area contributed by atoms with Crippen molar-refractivity contribution in [2.24, 2.45) is 0 Å². The first-order valence-electron chi connectivity index (χ1n) is 3.28. The standard InChI is InChI=1S/C7H8NS/c1-2-6(3-1)7-4-9-5-8-7/h4,6H,1-3H2. The molecule has 1 aliphatic rings. The van der Waals surface area contributed by atoms with Crippen molar-refractivity contribution < 1.29 is 0 Å². The molecule has 0 saturated heterocycles. The van der Waals surface area contributed by atoms with Crippen molar-refractivity contribution in [1.29, 1.82) is 0 Å². The lowest BCUT2D eigenvalue weighted by atomic mass is 9.83. The summed E-state index contributed by atoms with van der Waals surface area (Å²) in [4.78, 5) is 4.13. The van der Waals surface area contributed by atoms with Crippen LogP contribution in [0.15, 0.2) is 5.38 Å². The van der Waals surface area contributed by atoms with Crippen molar-refractivity contribution in [1.82, 2.24) is 4.98 Å². The molecular formula is C7H8NS. The average molecular weight is 138 g/mol. The van der Waals surface area contributed by atoms with E-state index in [0.29, 0.717) is 0 Å². The smallest absolute Gasteiger partial charge is 0.152 e. The summed E-state index contributed by atoms with van der Waals surface area (Å²) in [6.45, 7) is 0. The van der Waals surface area contributed by atoms with Crippen LogP contribution in [0, 0.1) is 5.51 Å². The van der Waals surface area contributed by atoms with Crippen molar-refractivity contribution in [3.63, 3.8) is 0 Å². The molecule has 0 atom stereocenters. The molecule has 0 N–H and O–H groups in total. The van der Waals surface area contributed by atoms with E-state index in [-0.39, 0.29) is 0 Å². The summed E-state index contributed by atoms with van der Waals surface area (Å²) in [7, 11) is 0. The Hall–Kier alpha value is -0.370. The summed E-state index contributed by atoms with van der Waals surface area (Å²) in [6, 6.07) is 0. The van der Waals surface area contributed by atoms with Gasteiger partial charge in [0.15, 0.2) is 5.51 Å². The van der Waals surface area contributed by atoms with Crippen LogP contribution >= 0.6 is 11.3 Å². The van der Waals surface area contributed by atoms with Gasteiger partial charge < -0.3 is 0 Å². The van der Waals surface area contributed by atoms with Crippen LogP contribution in [0.4, 0.5) is 0 Å². The van der Waals surface area contributed by atoms with Crippen LogP contribution in [0.25, 0.3) is 0 Å². The molecule has 1 aromatic heterocycles. The molecule has 0 unspecified atom stereocenters. The van der Waals surface area contributed by atoms with E-state index in [0.717, 1.165) is 5.92 Å². The first kappa shape index (κ1) is 5.42. The van der Waals surface area contributed by atoms with Crippen LogP contribution in [-0.4, -0.2) is 4.98 Å². The maximum Gasteiger partial charge on any atom is 0.152 e. The van der Waals surface area contributed by atoms with Gasteiger partial charge in [-0.2, -0.15) is 0 Å². The van der Waals surface area contributed by atoms with E-state index >= 15 is 0 Å².